The molecule has 4 heteroatoms. The summed E-state index contributed by atoms with van der Waals surface area (Å²) >= 11 is 0. The SMILES string of the molecule is CC1(C)CNC(=O)c2cn(CCC3CC3)nc2C1. The van der Waals surface area contributed by atoms with Gasteiger partial charge in [0.25, 0.3) is 5.91 Å². The van der Waals surface area contributed by atoms with Crippen molar-refractivity contribution in [3.8, 4) is 0 Å². The van der Waals surface area contributed by atoms with E-state index in [2.05, 4.69) is 24.3 Å². The van der Waals surface area contributed by atoms with E-state index in [0.717, 1.165) is 36.7 Å². The zero-order valence-corrected chi connectivity index (χ0v) is 11.2. The van der Waals surface area contributed by atoms with Crippen LogP contribution in [0.4, 0.5) is 0 Å². The summed E-state index contributed by atoms with van der Waals surface area (Å²) in [6.07, 6.45) is 6.74. The molecule has 4 nitrogen and oxygen atoms in total. The first-order valence-corrected chi connectivity index (χ1v) is 6.88. The van der Waals surface area contributed by atoms with Crippen molar-refractivity contribution >= 4 is 5.91 Å². The zero-order valence-electron chi connectivity index (χ0n) is 11.2. The Bertz CT molecular complexity index is 471. The van der Waals surface area contributed by atoms with Gasteiger partial charge in [0.2, 0.25) is 0 Å². The minimum Gasteiger partial charge on any atom is -0.351 e. The van der Waals surface area contributed by atoms with Gasteiger partial charge >= 0.3 is 0 Å². The van der Waals surface area contributed by atoms with Crippen molar-refractivity contribution < 1.29 is 4.79 Å². The number of aryl methyl sites for hydroxylation is 1. The van der Waals surface area contributed by atoms with Crippen LogP contribution in [0.25, 0.3) is 0 Å². The monoisotopic (exact) mass is 247 g/mol. The Kier molecular flexibility index (Phi) is 2.68. The van der Waals surface area contributed by atoms with Crippen LogP contribution < -0.4 is 5.32 Å². The second-order valence-corrected chi connectivity index (χ2v) is 6.51. The molecule has 0 aromatic carbocycles. The number of hydrogen-bond donors (Lipinski definition) is 1. The van der Waals surface area contributed by atoms with Gasteiger partial charge in [0.05, 0.1) is 11.3 Å². The van der Waals surface area contributed by atoms with Crippen molar-refractivity contribution in [3.63, 3.8) is 0 Å². The molecule has 0 spiro atoms. The normalized spacial score (nSPS) is 22.2. The van der Waals surface area contributed by atoms with Gasteiger partial charge < -0.3 is 5.32 Å². The zero-order chi connectivity index (χ0) is 12.8. The average Bonchev–Trinajstić information content (AvgIpc) is 3.06. The number of aromatic nitrogens is 2. The van der Waals surface area contributed by atoms with Gasteiger partial charge in [-0.15, -0.1) is 0 Å². The molecule has 0 saturated heterocycles. The highest BCUT2D eigenvalue weighted by molar-refractivity contribution is 5.95. The van der Waals surface area contributed by atoms with E-state index in [0.29, 0.717) is 0 Å². The van der Waals surface area contributed by atoms with Crippen LogP contribution in [-0.2, 0) is 13.0 Å². The molecule has 0 atom stereocenters. The standard InChI is InChI=1S/C14H21N3O/c1-14(2)7-12-11(13(18)15-9-14)8-17(16-12)6-5-10-3-4-10/h8,10H,3-7,9H2,1-2H3,(H,15,18). The molecule has 18 heavy (non-hydrogen) atoms. The molecule has 0 radical (unpaired) electrons. The topological polar surface area (TPSA) is 46.9 Å². The van der Waals surface area contributed by atoms with Crippen molar-refractivity contribution in [1.82, 2.24) is 15.1 Å². The number of nitrogens with zero attached hydrogens (tertiary/aromatic N) is 2. The van der Waals surface area contributed by atoms with Crippen LogP contribution in [0.3, 0.4) is 0 Å². The fourth-order valence-electron chi connectivity index (χ4n) is 2.55. The molecule has 3 rings (SSSR count). The van der Waals surface area contributed by atoms with Gasteiger partial charge in [-0.25, -0.2) is 0 Å². The van der Waals surface area contributed by atoms with Crippen molar-refractivity contribution in [2.24, 2.45) is 11.3 Å². The summed E-state index contributed by atoms with van der Waals surface area (Å²) in [5, 5.41) is 7.60. The smallest absolute Gasteiger partial charge is 0.254 e. The predicted molar refractivity (Wildman–Crippen MR) is 69.4 cm³/mol. The Balaban J connectivity index is 1.80. The Hall–Kier alpha value is -1.32. The number of hydrogen-bond acceptors (Lipinski definition) is 2. The Morgan fingerprint density at radius 2 is 2.28 bits per heavy atom. The van der Waals surface area contributed by atoms with Gasteiger partial charge in [-0.05, 0) is 24.2 Å². The van der Waals surface area contributed by atoms with E-state index in [4.69, 9.17) is 0 Å². The van der Waals surface area contributed by atoms with E-state index in [1.165, 1.54) is 19.3 Å². The van der Waals surface area contributed by atoms with Crippen molar-refractivity contribution in [2.75, 3.05) is 6.54 Å². The van der Waals surface area contributed by atoms with E-state index in [9.17, 15) is 4.79 Å². The molecular weight excluding hydrogens is 226 g/mol. The predicted octanol–water partition coefficient (Wildman–Crippen LogP) is 2.00. The van der Waals surface area contributed by atoms with Gasteiger partial charge in [0.1, 0.15) is 0 Å². The first kappa shape index (κ1) is 11.8. The van der Waals surface area contributed by atoms with Gasteiger partial charge in [0.15, 0.2) is 0 Å². The lowest BCUT2D eigenvalue weighted by atomic mass is 9.88. The number of nitrogens with one attached hydrogen (secondary N) is 1. The Labute approximate surface area is 108 Å². The minimum absolute atomic E-state index is 0.0354. The lowest BCUT2D eigenvalue weighted by Crippen LogP contribution is -2.31. The van der Waals surface area contributed by atoms with Crippen LogP contribution in [-0.4, -0.2) is 22.2 Å². The summed E-state index contributed by atoms with van der Waals surface area (Å²) in [4.78, 5) is 12.0. The first-order valence-electron chi connectivity index (χ1n) is 6.88. The van der Waals surface area contributed by atoms with Crippen molar-refractivity contribution in [2.45, 2.75) is 46.1 Å². The van der Waals surface area contributed by atoms with Gasteiger partial charge in [-0.1, -0.05) is 26.7 Å². The molecular formula is C14H21N3O. The summed E-state index contributed by atoms with van der Waals surface area (Å²) in [6, 6.07) is 0. The second-order valence-electron chi connectivity index (χ2n) is 6.51. The lowest BCUT2D eigenvalue weighted by Gasteiger charge is -2.21. The van der Waals surface area contributed by atoms with Crippen LogP contribution in [0.2, 0.25) is 0 Å². The molecule has 2 heterocycles. The quantitative estimate of drug-likeness (QED) is 0.888. The van der Waals surface area contributed by atoms with Crippen molar-refractivity contribution in [1.29, 1.82) is 0 Å². The average molecular weight is 247 g/mol. The van der Waals surface area contributed by atoms with E-state index in [1.54, 1.807) is 0 Å². The maximum Gasteiger partial charge on any atom is 0.254 e. The highest BCUT2D eigenvalue weighted by Gasteiger charge is 2.29. The van der Waals surface area contributed by atoms with E-state index in [-0.39, 0.29) is 11.3 Å². The van der Waals surface area contributed by atoms with Gasteiger partial charge in [-0.3, -0.25) is 9.48 Å². The maximum atomic E-state index is 12.0. The number of amides is 1. The molecule has 98 valence electrons. The van der Waals surface area contributed by atoms with E-state index >= 15 is 0 Å². The summed E-state index contributed by atoms with van der Waals surface area (Å²) < 4.78 is 1.96. The molecule has 0 bridgehead atoms. The molecule has 2 aliphatic rings. The third kappa shape index (κ3) is 2.42. The number of fused-ring (bicyclic) bond motifs is 1. The fraction of sp³-hybridized carbons (Fsp3) is 0.714. The minimum atomic E-state index is 0.0354. The summed E-state index contributed by atoms with van der Waals surface area (Å²) in [7, 11) is 0. The number of rotatable bonds is 3. The summed E-state index contributed by atoms with van der Waals surface area (Å²) in [5.74, 6) is 0.938. The third-order valence-electron chi connectivity index (χ3n) is 3.92. The Morgan fingerprint density at radius 1 is 1.50 bits per heavy atom. The van der Waals surface area contributed by atoms with Crippen LogP contribution in [0, 0.1) is 11.3 Å². The molecule has 0 unspecified atom stereocenters. The van der Waals surface area contributed by atoms with Crippen LogP contribution in [0.5, 0.6) is 0 Å². The van der Waals surface area contributed by atoms with Gasteiger partial charge in [0, 0.05) is 19.3 Å². The highest BCUT2D eigenvalue weighted by Crippen LogP contribution is 2.33. The first-order chi connectivity index (χ1) is 8.53. The summed E-state index contributed by atoms with van der Waals surface area (Å²) in [5.41, 5.74) is 1.83. The molecule has 1 aliphatic heterocycles. The van der Waals surface area contributed by atoms with Crippen molar-refractivity contribution in [3.05, 3.63) is 17.5 Å². The highest BCUT2D eigenvalue weighted by atomic mass is 16.1. The van der Waals surface area contributed by atoms with Gasteiger partial charge in [-0.2, -0.15) is 5.10 Å². The number of carbonyl (C=O) groups excluding carboxylic acids is 1. The molecule has 1 fully saturated rings. The largest absolute Gasteiger partial charge is 0.351 e. The molecule has 1 aliphatic carbocycles. The lowest BCUT2D eigenvalue weighted by molar-refractivity contribution is 0.0944. The Morgan fingerprint density at radius 3 is 3.00 bits per heavy atom. The van der Waals surface area contributed by atoms with Crippen LogP contribution in [0.15, 0.2) is 6.20 Å². The molecule has 1 N–H and O–H groups in total. The second kappa shape index (κ2) is 4.11. The van der Waals surface area contributed by atoms with Crippen LogP contribution in [0.1, 0.15) is 49.2 Å². The van der Waals surface area contributed by atoms with E-state index in [1.807, 2.05) is 10.9 Å². The third-order valence-corrected chi connectivity index (χ3v) is 3.92. The molecule has 1 saturated carbocycles. The summed E-state index contributed by atoms with van der Waals surface area (Å²) in [6.45, 7) is 6.02. The molecule has 1 aromatic heterocycles. The molecule has 1 aromatic rings. The van der Waals surface area contributed by atoms with E-state index < -0.39 is 0 Å². The fourth-order valence-corrected chi connectivity index (χ4v) is 2.55. The molecule has 1 amide bonds. The maximum absolute atomic E-state index is 12.0. The number of carbonyl (C=O) groups is 1. The van der Waals surface area contributed by atoms with Crippen LogP contribution >= 0.6 is 0 Å².